The summed E-state index contributed by atoms with van der Waals surface area (Å²) in [5, 5.41) is 0. The first-order valence-corrected chi connectivity index (χ1v) is 12.4. The van der Waals surface area contributed by atoms with E-state index in [0.29, 0.717) is 24.6 Å². The monoisotopic (exact) mass is 481 g/mol. The second kappa shape index (κ2) is 13.8. The van der Waals surface area contributed by atoms with E-state index in [-0.39, 0.29) is 5.92 Å². The number of methoxy groups -OCH3 is 3. The minimum atomic E-state index is 0.0985. The highest BCUT2D eigenvalue weighted by Crippen LogP contribution is 2.34. The number of aryl methyl sites for hydroxylation is 1. The Hall–Kier alpha value is -2.99. The fourth-order valence-corrected chi connectivity index (χ4v) is 4.70. The molecule has 0 fully saturated rings. The van der Waals surface area contributed by atoms with Crippen molar-refractivity contribution in [3.8, 4) is 23.0 Å². The highest BCUT2D eigenvalue weighted by molar-refractivity contribution is 5.84. The van der Waals surface area contributed by atoms with E-state index in [1.165, 1.54) is 5.56 Å². The van der Waals surface area contributed by atoms with Gasteiger partial charge in [-0.2, -0.15) is 0 Å². The van der Waals surface area contributed by atoms with Gasteiger partial charge in [-0.1, -0.05) is 12.1 Å². The third kappa shape index (κ3) is 7.76. The van der Waals surface area contributed by atoms with Gasteiger partial charge in [0.15, 0.2) is 11.5 Å². The number of rotatable bonds is 14. The largest absolute Gasteiger partial charge is 0.497 e. The number of benzene rings is 2. The maximum Gasteiger partial charge on any atom is 0.161 e. The van der Waals surface area contributed by atoms with Crippen molar-refractivity contribution in [2.24, 2.45) is 5.92 Å². The number of nitrogens with zero attached hydrogens (tertiary/aromatic N) is 1. The molecule has 35 heavy (non-hydrogen) atoms. The van der Waals surface area contributed by atoms with Gasteiger partial charge in [0.1, 0.15) is 17.3 Å². The second-order valence-electron chi connectivity index (χ2n) is 8.97. The molecule has 1 atom stereocenters. The van der Waals surface area contributed by atoms with E-state index in [0.717, 1.165) is 74.6 Å². The second-order valence-corrected chi connectivity index (χ2v) is 8.97. The molecule has 1 aliphatic carbocycles. The molecule has 3 rings (SSSR count). The summed E-state index contributed by atoms with van der Waals surface area (Å²) in [6, 6.07) is 11.7. The summed E-state index contributed by atoms with van der Waals surface area (Å²) >= 11 is 0. The highest BCUT2D eigenvalue weighted by Gasteiger charge is 2.25. The predicted molar refractivity (Wildman–Crippen MR) is 139 cm³/mol. The van der Waals surface area contributed by atoms with Gasteiger partial charge in [0.05, 0.1) is 27.9 Å². The summed E-state index contributed by atoms with van der Waals surface area (Å²) in [5.74, 6) is 3.47. The number of hydrogen-bond donors (Lipinski definition) is 0. The molecular weight excluding hydrogens is 442 g/mol. The summed E-state index contributed by atoms with van der Waals surface area (Å²) < 4.78 is 22.0. The van der Waals surface area contributed by atoms with Crippen LogP contribution in [0.3, 0.4) is 0 Å². The number of fused-ring (bicyclic) bond motifs is 1. The van der Waals surface area contributed by atoms with E-state index in [9.17, 15) is 4.79 Å². The minimum Gasteiger partial charge on any atom is -0.497 e. The molecule has 2 aromatic rings. The molecule has 1 unspecified atom stereocenters. The van der Waals surface area contributed by atoms with Crippen molar-refractivity contribution in [2.75, 3.05) is 47.6 Å². The summed E-state index contributed by atoms with van der Waals surface area (Å²) in [4.78, 5) is 15.4. The lowest BCUT2D eigenvalue weighted by Gasteiger charge is -2.22. The molecular formula is C29H39NO5. The molecule has 1 aliphatic rings. The fourth-order valence-electron chi connectivity index (χ4n) is 4.70. The van der Waals surface area contributed by atoms with Gasteiger partial charge in [-0.15, -0.1) is 6.58 Å². The zero-order valence-corrected chi connectivity index (χ0v) is 21.4. The van der Waals surface area contributed by atoms with Crippen LogP contribution in [0.25, 0.3) is 0 Å². The van der Waals surface area contributed by atoms with Crippen LogP contribution in [-0.2, 0) is 17.6 Å². The Morgan fingerprint density at radius 2 is 1.69 bits per heavy atom. The zero-order valence-electron chi connectivity index (χ0n) is 21.4. The van der Waals surface area contributed by atoms with Crippen LogP contribution in [0.4, 0.5) is 0 Å². The van der Waals surface area contributed by atoms with Crippen LogP contribution >= 0.6 is 0 Å². The van der Waals surface area contributed by atoms with Gasteiger partial charge in [-0.3, -0.25) is 9.69 Å². The Labute approximate surface area is 209 Å². The predicted octanol–water partition coefficient (Wildman–Crippen LogP) is 5.12. The average Bonchev–Trinajstić information content (AvgIpc) is 3.03. The SMILES string of the molecule is C=CCN(CCCOc1cccc(OC)c1)CCCC1CCc2cc(OC)c(OC)cc2CC1=O. The van der Waals surface area contributed by atoms with E-state index in [1.54, 1.807) is 21.3 Å². The molecule has 0 N–H and O–H groups in total. The van der Waals surface area contributed by atoms with E-state index in [1.807, 2.05) is 42.5 Å². The first kappa shape index (κ1) is 26.6. The van der Waals surface area contributed by atoms with Crippen molar-refractivity contribution < 1.29 is 23.7 Å². The van der Waals surface area contributed by atoms with Crippen molar-refractivity contribution in [1.82, 2.24) is 4.90 Å². The molecule has 0 heterocycles. The first-order chi connectivity index (χ1) is 17.1. The van der Waals surface area contributed by atoms with Crippen LogP contribution in [0.5, 0.6) is 23.0 Å². The Morgan fingerprint density at radius 3 is 2.40 bits per heavy atom. The Kier molecular flexibility index (Phi) is 10.5. The molecule has 6 heteroatoms. The lowest BCUT2D eigenvalue weighted by atomic mass is 9.93. The van der Waals surface area contributed by atoms with Crippen molar-refractivity contribution in [3.63, 3.8) is 0 Å². The maximum absolute atomic E-state index is 13.0. The van der Waals surface area contributed by atoms with Gasteiger partial charge >= 0.3 is 0 Å². The van der Waals surface area contributed by atoms with Crippen LogP contribution in [0.1, 0.15) is 36.8 Å². The molecule has 0 bridgehead atoms. The van der Waals surface area contributed by atoms with E-state index in [4.69, 9.17) is 18.9 Å². The van der Waals surface area contributed by atoms with Gasteiger partial charge in [0.2, 0.25) is 0 Å². The smallest absolute Gasteiger partial charge is 0.161 e. The molecule has 2 aromatic carbocycles. The van der Waals surface area contributed by atoms with Crippen LogP contribution in [0.15, 0.2) is 49.1 Å². The van der Waals surface area contributed by atoms with Crippen LogP contribution < -0.4 is 18.9 Å². The number of ether oxygens (including phenoxy) is 4. The Balaban J connectivity index is 1.45. The molecule has 6 nitrogen and oxygen atoms in total. The average molecular weight is 482 g/mol. The van der Waals surface area contributed by atoms with Crippen molar-refractivity contribution in [1.29, 1.82) is 0 Å². The fraction of sp³-hybridized carbons (Fsp3) is 0.483. The summed E-state index contributed by atoms with van der Waals surface area (Å²) in [7, 11) is 4.93. The number of hydrogen-bond acceptors (Lipinski definition) is 6. The molecule has 0 saturated heterocycles. The molecule has 0 aromatic heterocycles. The topological polar surface area (TPSA) is 57.2 Å². The Bertz CT molecular complexity index is 974. The van der Waals surface area contributed by atoms with Gasteiger partial charge in [0.25, 0.3) is 0 Å². The van der Waals surface area contributed by atoms with E-state index < -0.39 is 0 Å². The highest BCUT2D eigenvalue weighted by atomic mass is 16.5. The summed E-state index contributed by atoms with van der Waals surface area (Å²) in [6.07, 6.45) is 7.02. The maximum atomic E-state index is 13.0. The van der Waals surface area contributed by atoms with Crippen LogP contribution in [-0.4, -0.2) is 58.3 Å². The van der Waals surface area contributed by atoms with Crippen molar-refractivity contribution >= 4 is 5.78 Å². The van der Waals surface area contributed by atoms with Gasteiger partial charge < -0.3 is 18.9 Å². The molecule has 0 saturated carbocycles. The number of carbonyl (C=O) groups is 1. The Morgan fingerprint density at radius 1 is 0.971 bits per heavy atom. The first-order valence-electron chi connectivity index (χ1n) is 12.4. The van der Waals surface area contributed by atoms with Crippen LogP contribution in [0.2, 0.25) is 0 Å². The zero-order chi connectivity index (χ0) is 25.0. The minimum absolute atomic E-state index is 0.0985. The number of ketones is 1. The lowest BCUT2D eigenvalue weighted by molar-refractivity contribution is -0.122. The third-order valence-electron chi connectivity index (χ3n) is 6.63. The quantitative estimate of drug-likeness (QED) is 0.212. The van der Waals surface area contributed by atoms with Crippen molar-refractivity contribution in [3.05, 3.63) is 60.2 Å². The summed E-state index contributed by atoms with van der Waals surface area (Å²) in [5.41, 5.74) is 2.27. The van der Waals surface area contributed by atoms with E-state index in [2.05, 4.69) is 11.5 Å². The molecule has 0 amide bonds. The normalized spacial score (nSPS) is 15.3. The number of carbonyl (C=O) groups excluding carboxylic acids is 1. The molecule has 0 spiro atoms. The van der Waals surface area contributed by atoms with E-state index >= 15 is 0 Å². The molecule has 190 valence electrons. The molecule has 0 radical (unpaired) electrons. The van der Waals surface area contributed by atoms with Gasteiger partial charge in [-0.25, -0.2) is 0 Å². The lowest BCUT2D eigenvalue weighted by Crippen LogP contribution is -2.28. The standard InChI is InChI=1S/C29H39NO5/c1-5-14-30(16-8-17-35-26-11-6-10-25(21-26)32-2)15-7-9-22-12-13-23-19-28(33-3)29(34-4)20-24(23)18-27(22)31/h5-6,10-11,19-22H,1,7-9,12-18H2,2-4H3. The van der Waals surface area contributed by atoms with Gasteiger partial charge in [0, 0.05) is 31.5 Å². The van der Waals surface area contributed by atoms with Crippen LogP contribution in [0, 0.1) is 5.92 Å². The number of Topliss-reactive ketones (excluding diaryl/α,β-unsaturated/α-hetero) is 1. The summed E-state index contributed by atoms with van der Waals surface area (Å²) in [6.45, 7) is 7.27. The third-order valence-corrected chi connectivity index (χ3v) is 6.63. The molecule has 0 aliphatic heterocycles. The van der Waals surface area contributed by atoms with Crippen molar-refractivity contribution in [2.45, 2.75) is 38.5 Å². The van der Waals surface area contributed by atoms with Gasteiger partial charge in [-0.05, 0) is 74.0 Å².